The molecule has 2 atom stereocenters. The van der Waals surface area contributed by atoms with Gasteiger partial charge in [0.15, 0.2) is 0 Å². The van der Waals surface area contributed by atoms with Gasteiger partial charge in [0.2, 0.25) is 5.91 Å². The monoisotopic (exact) mass is 290 g/mol. The van der Waals surface area contributed by atoms with Gasteiger partial charge in [-0.3, -0.25) is 9.59 Å². The minimum absolute atomic E-state index is 0.191. The molecule has 0 aliphatic carbocycles. The molecule has 2 rings (SSSR count). The number of aliphatic carboxylic acids is 1. The van der Waals surface area contributed by atoms with Gasteiger partial charge in [-0.25, -0.2) is 0 Å². The number of carbonyl (C=O) groups is 2. The largest absolute Gasteiger partial charge is 0.481 e. The highest BCUT2D eigenvalue weighted by Gasteiger charge is 2.34. The number of benzene rings is 1. The van der Waals surface area contributed by atoms with Crippen molar-refractivity contribution in [2.45, 2.75) is 32.7 Å². The number of nitrogens with zero attached hydrogens (tertiary/aromatic N) is 1. The lowest BCUT2D eigenvalue weighted by molar-refractivity contribution is -0.141. The van der Waals surface area contributed by atoms with E-state index in [9.17, 15) is 14.7 Å². The normalized spacial score (nSPS) is 19.2. The van der Waals surface area contributed by atoms with E-state index in [1.54, 1.807) is 4.90 Å². The van der Waals surface area contributed by atoms with E-state index in [1.165, 1.54) is 0 Å². The number of rotatable bonds is 4. The maximum Gasteiger partial charge on any atom is 0.308 e. The Labute approximate surface area is 124 Å². The average Bonchev–Trinajstić information content (AvgIpc) is 2.44. The summed E-state index contributed by atoms with van der Waals surface area (Å²) >= 11 is 0. The third kappa shape index (κ3) is 3.42. The van der Waals surface area contributed by atoms with Crippen molar-refractivity contribution in [2.75, 3.05) is 11.4 Å². The van der Waals surface area contributed by atoms with E-state index in [0.29, 0.717) is 18.8 Å². The summed E-state index contributed by atoms with van der Waals surface area (Å²) in [5.41, 5.74) is 7.67. The van der Waals surface area contributed by atoms with Gasteiger partial charge in [-0.1, -0.05) is 32.0 Å². The van der Waals surface area contributed by atoms with Crippen LogP contribution in [0.3, 0.4) is 0 Å². The highest BCUT2D eigenvalue weighted by atomic mass is 16.4. The Morgan fingerprint density at radius 1 is 1.38 bits per heavy atom. The van der Waals surface area contributed by atoms with Crippen molar-refractivity contribution in [3.05, 3.63) is 29.8 Å². The Hall–Kier alpha value is -1.88. The molecule has 5 nitrogen and oxygen atoms in total. The van der Waals surface area contributed by atoms with Crippen LogP contribution in [0, 0.1) is 11.8 Å². The van der Waals surface area contributed by atoms with E-state index in [1.807, 2.05) is 38.1 Å². The number of anilines is 1. The standard InChI is InChI=1S/C16H22N2O3/c1-10(2)7-13(17)15(19)18-9-12(16(20)21)8-11-5-3-4-6-14(11)18/h3-6,10,12-13H,7-9,17H2,1-2H3,(H,20,21)/t12?,13-/m1/s1. The fraction of sp³-hybridized carbons (Fsp3) is 0.500. The van der Waals surface area contributed by atoms with Gasteiger partial charge >= 0.3 is 5.97 Å². The molecule has 1 unspecified atom stereocenters. The number of nitrogens with two attached hydrogens (primary N) is 1. The van der Waals surface area contributed by atoms with Crippen LogP contribution >= 0.6 is 0 Å². The molecule has 1 heterocycles. The quantitative estimate of drug-likeness (QED) is 0.883. The number of hydrogen-bond acceptors (Lipinski definition) is 3. The number of amides is 1. The topological polar surface area (TPSA) is 83.6 Å². The Morgan fingerprint density at radius 3 is 2.67 bits per heavy atom. The number of fused-ring (bicyclic) bond motifs is 1. The van der Waals surface area contributed by atoms with Gasteiger partial charge in [-0.2, -0.15) is 0 Å². The van der Waals surface area contributed by atoms with Crippen LogP contribution < -0.4 is 10.6 Å². The number of carboxylic acids is 1. The fourth-order valence-corrected chi connectivity index (χ4v) is 2.78. The van der Waals surface area contributed by atoms with Crippen LogP contribution in [0.1, 0.15) is 25.8 Å². The Bertz CT molecular complexity index is 542. The van der Waals surface area contributed by atoms with E-state index < -0.39 is 17.9 Å². The molecule has 1 aliphatic rings. The fourth-order valence-electron chi connectivity index (χ4n) is 2.78. The summed E-state index contributed by atoms with van der Waals surface area (Å²) in [5.74, 6) is -1.32. The molecule has 0 radical (unpaired) electrons. The van der Waals surface area contributed by atoms with Gasteiger partial charge in [0.25, 0.3) is 0 Å². The lowest BCUT2D eigenvalue weighted by Gasteiger charge is -2.34. The van der Waals surface area contributed by atoms with Crippen LogP contribution in [-0.4, -0.2) is 29.6 Å². The summed E-state index contributed by atoms with van der Waals surface area (Å²) in [4.78, 5) is 25.4. The Balaban J connectivity index is 2.28. The van der Waals surface area contributed by atoms with Crippen LogP contribution in [0.2, 0.25) is 0 Å². The molecule has 1 aromatic rings. The number of hydrogen-bond donors (Lipinski definition) is 2. The third-order valence-electron chi connectivity index (χ3n) is 3.81. The molecule has 0 bridgehead atoms. The highest BCUT2D eigenvalue weighted by molar-refractivity contribution is 5.99. The lowest BCUT2D eigenvalue weighted by atomic mass is 9.91. The van der Waals surface area contributed by atoms with Crippen LogP contribution in [0.15, 0.2) is 24.3 Å². The lowest BCUT2D eigenvalue weighted by Crippen LogP contribution is -2.49. The van der Waals surface area contributed by atoms with E-state index in [0.717, 1.165) is 11.3 Å². The second-order valence-corrected chi connectivity index (χ2v) is 6.05. The van der Waals surface area contributed by atoms with Crippen LogP contribution in [0.5, 0.6) is 0 Å². The van der Waals surface area contributed by atoms with E-state index in [2.05, 4.69) is 0 Å². The smallest absolute Gasteiger partial charge is 0.308 e. The molecule has 1 amide bonds. The molecule has 3 N–H and O–H groups in total. The molecule has 21 heavy (non-hydrogen) atoms. The second kappa shape index (κ2) is 6.26. The number of carbonyl (C=O) groups excluding carboxylic acids is 1. The second-order valence-electron chi connectivity index (χ2n) is 6.05. The molecule has 0 saturated heterocycles. The van der Waals surface area contributed by atoms with Crippen molar-refractivity contribution in [3.63, 3.8) is 0 Å². The minimum atomic E-state index is -0.875. The third-order valence-corrected chi connectivity index (χ3v) is 3.81. The summed E-state index contributed by atoms with van der Waals surface area (Å²) in [6.45, 7) is 4.21. The summed E-state index contributed by atoms with van der Waals surface area (Å²) < 4.78 is 0. The zero-order chi connectivity index (χ0) is 15.6. The molecule has 0 spiro atoms. The van der Waals surface area contributed by atoms with Crippen molar-refractivity contribution in [3.8, 4) is 0 Å². The van der Waals surface area contributed by atoms with Crippen molar-refractivity contribution in [2.24, 2.45) is 17.6 Å². The molecular weight excluding hydrogens is 268 g/mol. The van der Waals surface area contributed by atoms with Gasteiger partial charge in [0.05, 0.1) is 12.0 Å². The molecule has 0 aromatic heterocycles. The SMILES string of the molecule is CC(C)C[C@@H](N)C(=O)N1CC(C(=O)O)Cc2ccccc21. The van der Waals surface area contributed by atoms with Crippen molar-refractivity contribution >= 4 is 17.6 Å². The molecule has 114 valence electrons. The first kappa shape index (κ1) is 15.5. The molecular formula is C16H22N2O3. The first-order valence-corrected chi connectivity index (χ1v) is 7.27. The maximum atomic E-state index is 12.6. The molecule has 1 aromatic carbocycles. The van der Waals surface area contributed by atoms with Crippen LogP contribution in [0.25, 0.3) is 0 Å². The Kier molecular flexibility index (Phi) is 4.63. The van der Waals surface area contributed by atoms with E-state index in [-0.39, 0.29) is 12.5 Å². The molecule has 1 aliphatic heterocycles. The van der Waals surface area contributed by atoms with Gasteiger partial charge in [0.1, 0.15) is 0 Å². The highest BCUT2D eigenvalue weighted by Crippen LogP contribution is 2.30. The average molecular weight is 290 g/mol. The van der Waals surface area contributed by atoms with Gasteiger partial charge in [-0.05, 0) is 30.4 Å². The number of para-hydroxylation sites is 1. The molecule has 0 fully saturated rings. The molecule has 5 heteroatoms. The van der Waals surface area contributed by atoms with Gasteiger partial charge in [0, 0.05) is 12.2 Å². The minimum Gasteiger partial charge on any atom is -0.481 e. The van der Waals surface area contributed by atoms with Crippen molar-refractivity contribution in [1.29, 1.82) is 0 Å². The van der Waals surface area contributed by atoms with Crippen molar-refractivity contribution < 1.29 is 14.7 Å². The zero-order valence-corrected chi connectivity index (χ0v) is 12.5. The van der Waals surface area contributed by atoms with E-state index >= 15 is 0 Å². The van der Waals surface area contributed by atoms with E-state index in [4.69, 9.17) is 5.73 Å². The van der Waals surface area contributed by atoms with Crippen LogP contribution in [-0.2, 0) is 16.0 Å². The maximum absolute atomic E-state index is 12.6. The zero-order valence-electron chi connectivity index (χ0n) is 12.5. The van der Waals surface area contributed by atoms with Gasteiger partial charge < -0.3 is 15.7 Å². The summed E-state index contributed by atoms with van der Waals surface area (Å²) in [7, 11) is 0. The summed E-state index contributed by atoms with van der Waals surface area (Å²) in [6.07, 6.45) is 1.05. The predicted octanol–water partition coefficient (Wildman–Crippen LogP) is 1.65. The summed E-state index contributed by atoms with van der Waals surface area (Å²) in [6, 6.07) is 6.85. The van der Waals surface area contributed by atoms with Crippen molar-refractivity contribution in [1.82, 2.24) is 0 Å². The predicted molar refractivity (Wildman–Crippen MR) is 81.1 cm³/mol. The van der Waals surface area contributed by atoms with Crippen LogP contribution in [0.4, 0.5) is 5.69 Å². The first-order chi connectivity index (χ1) is 9.90. The Morgan fingerprint density at radius 2 is 2.05 bits per heavy atom. The summed E-state index contributed by atoms with van der Waals surface area (Å²) in [5, 5.41) is 9.28. The van der Waals surface area contributed by atoms with Gasteiger partial charge in [-0.15, -0.1) is 0 Å². The first-order valence-electron chi connectivity index (χ1n) is 7.27. The molecule has 0 saturated carbocycles. The number of carboxylic acid groups (broad SMARTS) is 1.